The monoisotopic (exact) mass is 408 g/mol. The Morgan fingerprint density at radius 3 is 2.28 bits per heavy atom. The summed E-state index contributed by atoms with van der Waals surface area (Å²) in [6.45, 7) is 1.75. The summed E-state index contributed by atoms with van der Waals surface area (Å²) in [6, 6.07) is 12.0. The molecule has 6 nitrogen and oxygen atoms in total. The molecule has 0 saturated heterocycles. The van der Waals surface area contributed by atoms with E-state index in [9.17, 15) is 19.4 Å². The van der Waals surface area contributed by atoms with Gasteiger partial charge in [-0.05, 0) is 47.9 Å². The Bertz CT molecular complexity index is 716. The number of rotatable bonds is 11. The molecule has 2 aromatic rings. The maximum Gasteiger partial charge on any atom is 0.126 e. The summed E-state index contributed by atoms with van der Waals surface area (Å²) in [4.78, 5) is 11.0. The van der Waals surface area contributed by atoms with Crippen LogP contribution in [0.2, 0.25) is 0 Å². The van der Waals surface area contributed by atoms with Crippen molar-refractivity contribution in [3.05, 3.63) is 65.0 Å². The standard InChI is InChI=1S/C21H25FO5.CH4O/c1-2-26-18-6-3-15(4-7-18)11-17-12-16(5-8-20(17)22)21(9-10-23)27-19(13-24)14-25;1-2/h3-8,10,12,19,21,24-25H,2,9,11,13-14H2,1H3;2H,1H3. The van der Waals surface area contributed by atoms with E-state index in [1.807, 2.05) is 31.2 Å². The number of ether oxygens (including phenoxy) is 2. The van der Waals surface area contributed by atoms with Crippen molar-refractivity contribution in [1.82, 2.24) is 0 Å². The highest BCUT2D eigenvalue weighted by molar-refractivity contribution is 5.51. The van der Waals surface area contributed by atoms with Crippen molar-refractivity contribution >= 4 is 6.29 Å². The number of benzene rings is 2. The van der Waals surface area contributed by atoms with Crippen molar-refractivity contribution in [2.75, 3.05) is 26.9 Å². The molecule has 0 aliphatic rings. The van der Waals surface area contributed by atoms with Crippen LogP contribution in [0.1, 0.15) is 36.1 Å². The normalized spacial score (nSPS) is 11.6. The van der Waals surface area contributed by atoms with Gasteiger partial charge in [0.2, 0.25) is 0 Å². The van der Waals surface area contributed by atoms with Crippen molar-refractivity contribution < 1.29 is 34.0 Å². The van der Waals surface area contributed by atoms with Gasteiger partial charge in [0.15, 0.2) is 0 Å². The summed E-state index contributed by atoms with van der Waals surface area (Å²) >= 11 is 0. The van der Waals surface area contributed by atoms with Crippen LogP contribution in [0.4, 0.5) is 4.39 Å². The second-order valence-corrected chi connectivity index (χ2v) is 6.12. The Morgan fingerprint density at radius 1 is 1.07 bits per heavy atom. The highest BCUT2D eigenvalue weighted by Gasteiger charge is 2.19. The summed E-state index contributed by atoms with van der Waals surface area (Å²) in [7, 11) is 1.00. The second kappa shape index (κ2) is 13.8. The van der Waals surface area contributed by atoms with Gasteiger partial charge in [0.25, 0.3) is 0 Å². The fraction of sp³-hybridized carbons (Fsp3) is 0.409. The zero-order valence-electron chi connectivity index (χ0n) is 16.8. The molecule has 0 bridgehead atoms. The lowest BCUT2D eigenvalue weighted by atomic mass is 9.98. The molecule has 0 aliphatic carbocycles. The molecule has 0 heterocycles. The summed E-state index contributed by atoms with van der Waals surface area (Å²) < 4.78 is 25.3. The largest absolute Gasteiger partial charge is 0.494 e. The molecular weight excluding hydrogens is 379 g/mol. The molecule has 0 aliphatic heterocycles. The third-order valence-electron chi connectivity index (χ3n) is 4.14. The van der Waals surface area contributed by atoms with Crippen LogP contribution in [0.15, 0.2) is 42.5 Å². The van der Waals surface area contributed by atoms with E-state index in [1.165, 1.54) is 6.07 Å². The molecule has 2 aromatic carbocycles. The van der Waals surface area contributed by atoms with Gasteiger partial charge in [-0.25, -0.2) is 4.39 Å². The average molecular weight is 408 g/mol. The lowest BCUT2D eigenvalue weighted by Crippen LogP contribution is -2.25. The number of aliphatic hydroxyl groups excluding tert-OH is 3. The van der Waals surface area contributed by atoms with Gasteiger partial charge in [0.1, 0.15) is 24.0 Å². The van der Waals surface area contributed by atoms with Crippen LogP contribution >= 0.6 is 0 Å². The predicted octanol–water partition coefficient (Wildman–Crippen LogP) is 2.42. The van der Waals surface area contributed by atoms with E-state index in [4.69, 9.17) is 14.6 Å². The van der Waals surface area contributed by atoms with Crippen LogP contribution in [-0.2, 0) is 16.0 Å². The Balaban J connectivity index is 0.00000204. The number of hydrogen-bond acceptors (Lipinski definition) is 6. The third-order valence-corrected chi connectivity index (χ3v) is 4.14. The fourth-order valence-corrected chi connectivity index (χ4v) is 2.75. The number of hydrogen-bond donors (Lipinski definition) is 3. The van der Waals surface area contributed by atoms with Crippen LogP contribution in [0.3, 0.4) is 0 Å². The van der Waals surface area contributed by atoms with Gasteiger partial charge in [0.05, 0.1) is 25.9 Å². The topological polar surface area (TPSA) is 96.2 Å². The van der Waals surface area contributed by atoms with E-state index < -0.39 is 12.2 Å². The van der Waals surface area contributed by atoms with Crippen LogP contribution in [0.25, 0.3) is 0 Å². The van der Waals surface area contributed by atoms with Gasteiger partial charge >= 0.3 is 0 Å². The molecule has 2 rings (SSSR count). The van der Waals surface area contributed by atoms with Crippen LogP contribution < -0.4 is 4.74 Å². The quantitative estimate of drug-likeness (QED) is 0.494. The number of aldehydes is 1. The van der Waals surface area contributed by atoms with Crippen molar-refractivity contribution in [2.45, 2.75) is 32.0 Å². The lowest BCUT2D eigenvalue weighted by Gasteiger charge is -2.22. The Morgan fingerprint density at radius 2 is 1.72 bits per heavy atom. The fourth-order valence-electron chi connectivity index (χ4n) is 2.75. The Kier molecular flexibility index (Phi) is 11.8. The Labute approximate surface area is 170 Å². The third kappa shape index (κ3) is 7.91. The molecule has 7 heteroatoms. The molecular formula is C22H29FO6. The van der Waals surface area contributed by atoms with Crippen molar-refractivity contribution in [3.8, 4) is 5.75 Å². The minimum atomic E-state index is -0.797. The van der Waals surface area contributed by atoms with Crippen LogP contribution in [0, 0.1) is 5.82 Å². The molecule has 0 fully saturated rings. The number of carbonyl (C=O) groups is 1. The van der Waals surface area contributed by atoms with Crippen molar-refractivity contribution in [2.24, 2.45) is 0 Å². The van der Waals surface area contributed by atoms with Gasteiger partial charge in [-0.1, -0.05) is 18.2 Å². The van der Waals surface area contributed by atoms with E-state index >= 15 is 0 Å². The number of carbonyl (C=O) groups excluding carboxylic acids is 1. The van der Waals surface area contributed by atoms with E-state index in [0.29, 0.717) is 30.4 Å². The molecule has 29 heavy (non-hydrogen) atoms. The first-order valence-corrected chi connectivity index (χ1v) is 9.36. The molecule has 1 atom stereocenters. The minimum Gasteiger partial charge on any atom is -0.494 e. The first-order chi connectivity index (χ1) is 14.1. The van der Waals surface area contributed by atoms with Crippen molar-refractivity contribution in [3.63, 3.8) is 0 Å². The first-order valence-electron chi connectivity index (χ1n) is 9.36. The minimum absolute atomic E-state index is 0.0463. The first kappa shape index (κ1) is 24.7. The second-order valence-electron chi connectivity index (χ2n) is 6.12. The zero-order valence-corrected chi connectivity index (χ0v) is 16.8. The van der Waals surface area contributed by atoms with E-state index in [0.717, 1.165) is 18.4 Å². The molecule has 3 N–H and O–H groups in total. The smallest absolute Gasteiger partial charge is 0.126 e. The molecule has 0 amide bonds. The molecule has 0 aromatic heterocycles. The van der Waals surface area contributed by atoms with E-state index in [2.05, 4.69) is 0 Å². The molecule has 0 saturated carbocycles. The maximum absolute atomic E-state index is 14.3. The van der Waals surface area contributed by atoms with Gasteiger partial charge in [-0.2, -0.15) is 0 Å². The summed E-state index contributed by atoms with van der Waals surface area (Å²) in [5.74, 6) is 0.410. The Hall–Kier alpha value is -2.32. The number of aliphatic hydroxyl groups is 3. The molecule has 1 unspecified atom stereocenters. The molecule has 0 radical (unpaired) electrons. The van der Waals surface area contributed by atoms with Gasteiger partial charge < -0.3 is 29.6 Å². The predicted molar refractivity (Wildman–Crippen MR) is 107 cm³/mol. The van der Waals surface area contributed by atoms with E-state index in [1.54, 1.807) is 12.1 Å². The zero-order chi connectivity index (χ0) is 21.6. The van der Waals surface area contributed by atoms with Gasteiger partial charge in [0, 0.05) is 20.0 Å². The average Bonchev–Trinajstić information content (AvgIpc) is 2.76. The SMILES string of the molecule is CCOc1ccc(Cc2cc(C(CC=O)OC(CO)CO)ccc2F)cc1.CO. The van der Waals surface area contributed by atoms with Crippen LogP contribution in [-0.4, -0.2) is 54.6 Å². The maximum atomic E-state index is 14.3. The summed E-state index contributed by atoms with van der Waals surface area (Å²) in [5, 5.41) is 25.4. The highest BCUT2D eigenvalue weighted by Crippen LogP contribution is 2.26. The molecule has 0 spiro atoms. The van der Waals surface area contributed by atoms with Crippen LogP contribution in [0.5, 0.6) is 5.75 Å². The lowest BCUT2D eigenvalue weighted by molar-refractivity contribution is -0.114. The number of halogens is 1. The van der Waals surface area contributed by atoms with Gasteiger partial charge in [-0.3, -0.25) is 0 Å². The van der Waals surface area contributed by atoms with Gasteiger partial charge in [-0.15, -0.1) is 0 Å². The summed E-state index contributed by atoms with van der Waals surface area (Å²) in [5.41, 5.74) is 2.02. The van der Waals surface area contributed by atoms with Crippen molar-refractivity contribution in [1.29, 1.82) is 0 Å². The molecule has 160 valence electrons. The highest BCUT2D eigenvalue weighted by atomic mass is 19.1. The van der Waals surface area contributed by atoms with E-state index in [-0.39, 0.29) is 25.5 Å². The summed E-state index contributed by atoms with van der Waals surface area (Å²) in [6.07, 6.45) is -0.332.